The van der Waals surface area contributed by atoms with Gasteiger partial charge in [-0.25, -0.2) is 0 Å². The van der Waals surface area contributed by atoms with Crippen LogP contribution < -0.4 is 5.32 Å². The molecule has 0 aromatic rings. The summed E-state index contributed by atoms with van der Waals surface area (Å²) in [5, 5.41) is 11.2. The molecule has 0 aromatic carbocycles. The van der Waals surface area contributed by atoms with Gasteiger partial charge in [-0.3, -0.25) is 0 Å². The van der Waals surface area contributed by atoms with Crippen molar-refractivity contribution in [3.05, 3.63) is 0 Å². The molecule has 0 aliphatic heterocycles. The van der Waals surface area contributed by atoms with Gasteiger partial charge >= 0.3 is 0 Å². The molecule has 7 heavy (non-hydrogen) atoms. The maximum Gasteiger partial charge on any atom is 0.0886 e. The number of thioether (sulfide) groups is 1. The van der Waals surface area contributed by atoms with E-state index in [1.54, 1.807) is 0 Å². The predicted octanol–water partition coefficient (Wildman–Crippen LogP) is -0.111. The molecule has 0 saturated heterocycles. The second kappa shape index (κ2) is 6.27. The predicted molar refractivity (Wildman–Crippen MR) is 33.5 cm³/mol. The second-order valence-electron chi connectivity index (χ2n) is 1.14. The first-order chi connectivity index (χ1) is 3.41. The highest BCUT2D eigenvalue weighted by atomic mass is 32.2. The van der Waals surface area contributed by atoms with E-state index in [0.29, 0.717) is 0 Å². The Morgan fingerprint density at radius 1 is 1.71 bits per heavy atom. The Morgan fingerprint density at radius 2 is 2.43 bits per heavy atom. The normalized spacial score (nSPS) is 9.43. The SMILES string of the molecule is CNCCSCO. The Bertz CT molecular complexity index is 30.9. The molecule has 0 rings (SSSR count). The number of hydrogen-bond donors (Lipinski definition) is 2. The molecular formula is C4H11NOS. The van der Waals surface area contributed by atoms with Crippen LogP contribution in [-0.4, -0.2) is 30.4 Å². The van der Waals surface area contributed by atoms with E-state index < -0.39 is 0 Å². The summed E-state index contributed by atoms with van der Waals surface area (Å²) in [5.74, 6) is 1.23. The molecule has 44 valence electrons. The van der Waals surface area contributed by atoms with E-state index in [-0.39, 0.29) is 5.94 Å². The molecule has 0 saturated carbocycles. The van der Waals surface area contributed by atoms with E-state index in [1.165, 1.54) is 11.8 Å². The first kappa shape index (κ1) is 7.27. The molecule has 0 atom stereocenters. The molecule has 0 aliphatic rings. The summed E-state index contributed by atoms with van der Waals surface area (Å²) < 4.78 is 0. The zero-order valence-electron chi connectivity index (χ0n) is 4.48. The topological polar surface area (TPSA) is 32.3 Å². The highest BCUT2D eigenvalue weighted by Crippen LogP contribution is 1.91. The lowest BCUT2D eigenvalue weighted by Gasteiger charge is -1.93. The number of aliphatic hydroxyl groups excluding tert-OH is 1. The van der Waals surface area contributed by atoms with Crippen LogP contribution in [0.25, 0.3) is 0 Å². The Hall–Kier alpha value is 0.270. The van der Waals surface area contributed by atoms with Crippen LogP contribution >= 0.6 is 11.8 Å². The number of rotatable bonds is 4. The van der Waals surface area contributed by atoms with Gasteiger partial charge in [0.15, 0.2) is 0 Å². The summed E-state index contributed by atoms with van der Waals surface area (Å²) in [6.45, 7) is 0.977. The standard InChI is InChI=1S/C4H11NOS/c1-5-2-3-7-4-6/h5-6H,2-4H2,1H3. The van der Waals surface area contributed by atoms with Crippen molar-refractivity contribution in [1.29, 1.82) is 0 Å². The van der Waals surface area contributed by atoms with Crippen molar-refractivity contribution in [3.8, 4) is 0 Å². The molecule has 0 aromatic heterocycles. The molecule has 0 spiro atoms. The highest BCUT2D eigenvalue weighted by molar-refractivity contribution is 7.99. The fraction of sp³-hybridized carbons (Fsp3) is 1.00. The van der Waals surface area contributed by atoms with Crippen LogP contribution in [0.15, 0.2) is 0 Å². The summed E-state index contributed by atoms with van der Waals surface area (Å²) in [6.07, 6.45) is 0. The minimum Gasteiger partial charge on any atom is -0.386 e. The molecule has 0 bridgehead atoms. The van der Waals surface area contributed by atoms with E-state index in [2.05, 4.69) is 5.32 Å². The van der Waals surface area contributed by atoms with Gasteiger partial charge in [-0.15, -0.1) is 11.8 Å². The summed E-state index contributed by atoms with van der Waals surface area (Å²) in [6, 6.07) is 0. The largest absolute Gasteiger partial charge is 0.386 e. The van der Waals surface area contributed by atoms with Crippen molar-refractivity contribution < 1.29 is 5.11 Å². The van der Waals surface area contributed by atoms with Crippen LogP contribution in [-0.2, 0) is 0 Å². The molecule has 0 fully saturated rings. The maximum absolute atomic E-state index is 8.23. The second-order valence-corrected chi connectivity index (χ2v) is 2.22. The quantitative estimate of drug-likeness (QED) is 0.402. The van der Waals surface area contributed by atoms with Crippen LogP contribution in [0.4, 0.5) is 0 Å². The summed E-state index contributed by atoms with van der Waals surface area (Å²) in [7, 11) is 1.90. The molecular weight excluding hydrogens is 110 g/mol. The zero-order chi connectivity index (χ0) is 5.54. The van der Waals surface area contributed by atoms with Gasteiger partial charge in [-0.05, 0) is 7.05 Å². The minimum atomic E-state index is 0.238. The van der Waals surface area contributed by atoms with Gasteiger partial charge in [0.2, 0.25) is 0 Å². The van der Waals surface area contributed by atoms with E-state index in [0.717, 1.165) is 12.3 Å². The number of aliphatic hydroxyl groups is 1. The average molecular weight is 121 g/mol. The van der Waals surface area contributed by atoms with E-state index >= 15 is 0 Å². The molecule has 3 heteroatoms. The molecule has 2 N–H and O–H groups in total. The fourth-order valence-electron chi connectivity index (χ4n) is 0.239. The molecule has 0 unspecified atom stereocenters. The molecule has 2 nitrogen and oxygen atoms in total. The monoisotopic (exact) mass is 121 g/mol. The Balaban J connectivity index is 2.45. The van der Waals surface area contributed by atoms with Crippen molar-refractivity contribution in [2.45, 2.75) is 0 Å². The summed E-state index contributed by atoms with van der Waals surface area (Å²) in [5.41, 5.74) is 0. The van der Waals surface area contributed by atoms with E-state index in [1.807, 2.05) is 7.05 Å². The van der Waals surface area contributed by atoms with Gasteiger partial charge < -0.3 is 10.4 Å². The van der Waals surface area contributed by atoms with Gasteiger partial charge in [-0.2, -0.15) is 0 Å². The third-order valence-corrected chi connectivity index (χ3v) is 1.26. The minimum absolute atomic E-state index is 0.238. The molecule has 0 radical (unpaired) electrons. The van der Waals surface area contributed by atoms with Crippen LogP contribution in [0.3, 0.4) is 0 Å². The Morgan fingerprint density at radius 3 is 2.86 bits per heavy atom. The lowest BCUT2D eigenvalue weighted by Crippen LogP contribution is -2.09. The summed E-state index contributed by atoms with van der Waals surface area (Å²) in [4.78, 5) is 0. The van der Waals surface area contributed by atoms with Gasteiger partial charge in [0.05, 0.1) is 5.94 Å². The first-order valence-corrected chi connectivity index (χ1v) is 3.40. The van der Waals surface area contributed by atoms with E-state index in [9.17, 15) is 0 Å². The molecule has 0 amide bonds. The molecule has 0 heterocycles. The number of nitrogens with one attached hydrogen (secondary N) is 1. The maximum atomic E-state index is 8.23. The van der Waals surface area contributed by atoms with E-state index in [4.69, 9.17) is 5.11 Å². The zero-order valence-corrected chi connectivity index (χ0v) is 5.29. The lowest BCUT2D eigenvalue weighted by atomic mass is 10.8. The van der Waals surface area contributed by atoms with Crippen LogP contribution in [0.1, 0.15) is 0 Å². The Kier molecular flexibility index (Phi) is 6.51. The van der Waals surface area contributed by atoms with Crippen molar-refractivity contribution in [2.24, 2.45) is 0 Å². The average Bonchev–Trinajstić information content (AvgIpc) is 1.69. The van der Waals surface area contributed by atoms with Gasteiger partial charge in [0.1, 0.15) is 0 Å². The highest BCUT2D eigenvalue weighted by Gasteiger charge is 1.79. The van der Waals surface area contributed by atoms with Gasteiger partial charge in [0, 0.05) is 12.3 Å². The van der Waals surface area contributed by atoms with Crippen molar-refractivity contribution >= 4 is 11.8 Å². The lowest BCUT2D eigenvalue weighted by molar-refractivity contribution is 0.375. The van der Waals surface area contributed by atoms with Crippen LogP contribution in [0.2, 0.25) is 0 Å². The van der Waals surface area contributed by atoms with Gasteiger partial charge in [-0.1, -0.05) is 0 Å². The fourth-order valence-corrected chi connectivity index (χ4v) is 0.716. The third-order valence-electron chi connectivity index (χ3n) is 0.588. The van der Waals surface area contributed by atoms with Crippen molar-refractivity contribution in [2.75, 3.05) is 25.3 Å². The first-order valence-electron chi connectivity index (χ1n) is 2.25. The van der Waals surface area contributed by atoms with Crippen molar-refractivity contribution in [3.63, 3.8) is 0 Å². The summed E-state index contributed by atoms with van der Waals surface area (Å²) >= 11 is 1.53. The van der Waals surface area contributed by atoms with Crippen molar-refractivity contribution in [1.82, 2.24) is 5.32 Å². The van der Waals surface area contributed by atoms with Crippen LogP contribution in [0.5, 0.6) is 0 Å². The smallest absolute Gasteiger partial charge is 0.0886 e. The van der Waals surface area contributed by atoms with Gasteiger partial charge in [0.25, 0.3) is 0 Å². The third kappa shape index (κ3) is 6.27. The van der Waals surface area contributed by atoms with Crippen LogP contribution in [0, 0.1) is 0 Å². The molecule has 0 aliphatic carbocycles. The number of hydrogen-bond acceptors (Lipinski definition) is 3. The Labute approximate surface area is 48.3 Å².